The quantitative estimate of drug-likeness (QED) is 0.926. The Morgan fingerprint density at radius 3 is 2.81 bits per heavy atom. The highest BCUT2D eigenvalue weighted by Crippen LogP contribution is 2.30. The molecule has 116 valence electrons. The molecule has 1 aliphatic rings. The van der Waals surface area contributed by atoms with Crippen LogP contribution >= 0.6 is 22.9 Å². The number of thiophene rings is 1. The van der Waals surface area contributed by atoms with Crippen molar-refractivity contribution in [2.24, 2.45) is 5.41 Å². The normalized spacial score (nSPS) is 22.1. The molecule has 2 amide bonds. The molecular weight excluding hydrogens is 312 g/mol. The van der Waals surface area contributed by atoms with Crippen LogP contribution in [-0.2, 0) is 11.3 Å². The molecule has 1 fully saturated rings. The van der Waals surface area contributed by atoms with Gasteiger partial charge in [0, 0.05) is 25.0 Å². The van der Waals surface area contributed by atoms with Gasteiger partial charge in [0.05, 0.1) is 16.3 Å². The van der Waals surface area contributed by atoms with Gasteiger partial charge in [-0.25, -0.2) is 4.79 Å². The summed E-state index contributed by atoms with van der Waals surface area (Å²) in [7, 11) is 1.72. The first kappa shape index (κ1) is 16.1. The lowest BCUT2D eigenvalue weighted by molar-refractivity contribution is -0.150. The van der Waals surface area contributed by atoms with Gasteiger partial charge in [-0.3, -0.25) is 4.79 Å². The first-order chi connectivity index (χ1) is 9.82. The summed E-state index contributed by atoms with van der Waals surface area (Å²) in [4.78, 5) is 28.0. The van der Waals surface area contributed by atoms with Gasteiger partial charge in [-0.2, -0.15) is 0 Å². The van der Waals surface area contributed by atoms with E-state index in [2.05, 4.69) is 0 Å². The predicted molar refractivity (Wildman–Crippen MR) is 82.7 cm³/mol. The first-order valence-corrected chi connectivity index (χ1v) is 7.99. The third-order valence-corrected chi connectivity index (χ3v) is 5.05. The molecule has 0 aromatic carbocycles. The zero-order valence-electron chi connectivity index (χ0n) is 12.1. The number of rotatable bonds is 3. The monoisotopic (exact) mass is 330 g/mol. The summed E-state index contributed by atoms with van der Waals surface area (Å²) in [6, 6.07) is 3.57. The van der Waals surface area contributed by atoms with Gasteiger partial charge < -0.3 is 14.9 Å². The van der Waals surface area contributed by atoms with Crippen LogP contribution in [0.4, 0.5) is 4.79 Å². The second-order valence-corrected chi connectivity index (χ2v) is 7.54. The number of urea groups is 1. The highest BCUT2D eigenvalue weighted by molar-refractivity contribution is 7.16. The number of nitrogens with zero attached hydrogens (tertiary/aromatic N) is 2. The maximum absolute atomic E-state index is 12.5. The average molecular weight is 331 g/mol. The number of likely N-dealkylation sites (tertiary alicyclic amines) is 1. The van der Waals surface area contributed by atoms with Gasteiger partial charge in [0.25, 0.3) is 0 Å². The molecule has 2 heterocycles. The number of halogens is 1. The van der Waals surface area contributed by atoms with Gasteiger partial charge in [-0.05, 0) is 31.9 Å². The van der Waals surface area contributed by atoms with Crippen molar-refractivity contribution in [1.82, 2.24) is 9.80 Å². The van der Waals surface area contributed by atoms with E-state index in [1.807, 2.05) is 12.1 Å². The number of carbonyl (C=O) groups is 2. The number of carboxylic acids is 1. The number of hydrogen-bond donors (Lipinski definition) is 1. The molecule has 1 saturated heterocycles. The maximum atomic E-state index is 12.5. The molecule has 5 nitrogen and oxygen atoms in total. The molecule has 1 atom stereocenters. The van der Waals surface area contributed by atoms with E-state index < -0.39 is 11.4 Å². The lowest BCUT2D eigenvalue weighted by Crippen LogP contribution is -2.51. The van der Waals surface area contributed by atoms with Crippen LogP contribution in [0.15, 0.2) is 12.1 Å². The Labute approximate surface area is 133 Å². The van der Waals surface area contributed by atoms with E-state index in [9.17, 15) is 14.7 Å². The Balaban J connectivity index is 2.00. The number of hydrogen-bond acceptors (Lipinski definition) is 3. The number of carboxylic acid groups (broad SMARTS) is 1. The Kier molecular flexibility index (Phi) is 4.78. The van der Waals surface area contributed by atoms with Gasteiger partial charge in [0.2, 0.25) is 0 Å². The molecule has 1 aromatic rings. The molecule has 7 heteroatoms. The average Bonchev–Trinajstić information content (AvgIpc) is 2.83. The van der Waals surface area contributed by atoms with Gasteiger partial charge in [-0.1, -0.05) is 11.6 Å². The summed E-state index contributed by atoms with van der Waals surface area (Å²) in [5.74, 6) is -0.840. The zero-order valence-corrected chi connectivity index (χ0v) is 13.7. The second-order valence-electron chi connectivity index (χ2n) is 5.74. The highest BCUT2D eigenvalue weighted by Gasteiger charge is 2.39. The van der Waals surface area contributed by atoms with Crippen LogP contribution in [0.25, 0.3) is 0 Å². The number of carbonyl (C=O) groups excluding carboxylic acids is 1. The van der Waals surface area contributed by atoms with E-state index in [1.165, 1.54) is 11.3 Å². The minimum absolute atomic E-state index is 0.133. The SMILES string of the molecule is CN(Cc1ccc(Cl)s1)C(=O)N1CCCC(C)(C(=O)O)C1. The molecule has 1 N–H and O–H groups in total. The third-order valence-electron chi connectivity index (χ3n) is 3.83. The second kappa shape index (κ2) is 6.23. The fraction of sp³-hybridized carbons (Fsp3) is 0.571. The summed E-state index contributed by atoms with van der Waals surface area (Å²) in [6.45, 7) is 3.05. The zero-order chi connectivity index (χ0) is 15.6. The number of piperidine rings is 1. The van der Waals surface area contributed by atoms with Crippen molar-refractivity contribution < 1.29 is 14.7 Å². The van der Waals surface area contributed by atoms with E-state index in [4.69, 9.17) is 11.6 Å². The minimum atomic E-state index is -0.846. The molecule has 1 aliphatic heterocycles. The van der Waals surface area contributed by atoms with Crippen molar-refractivity contribution in [3.8, 4) is 0 Å². The maximum Gasteiger partial charge on any atom is 0.320 e. The lowest BCUT2D eigenvalue weighted by atomic mass is 9.82. The summed E-state index contributed by atoms with van der Waals surface area (Å²) >= 11 is 7.33. The summed E-state index contributed by atoms with van der Waals surface area (Å²) < 4.78 is 0.697. The first-order valence-electron chi connectivity index (χ1n) is 6.79. The Morgan fingerprint density at radius 1 is 1.52 bits per heavy atom. The molecule has 0 saturated carbocycles. The molecule has 1 unspecified atom stereocenters. The molecule has 21 heavy (non-hydrogen) atoms. The van der Waals surface area contributed by atoms with Gasteiger partial charge in [-0.15, -0.1) is 11.3 Å². The van der Waals surface area contributed by atoms with Crippen molar-refractivity contribution in [1.29, 1.82) is 0 Å². The van der Waals surface area contributed by atoms with E-state index >= 15 is 0 Å². The molecule has 0 bridgehead atoms. The van der Waals surface area contributed by atoms with Crippen molar-refractivity contribution >= 4 is 34.9 Å². The predicted octanol–water partition coefficient (Wildman–Crippen LogP) is 3.14. The van der Waals surface area contributed by atoms with Crippen LogP contribution in [0.2, 0.25) is 4.34 Å². The van der Waals surface area contributed by atoms with E-state index in [1.54, 1.807) is 23.8 Å². The number of aliphatic carboxylic acids is 1. The molecule has 0 aliphatic carbocycles. The molecular formula is C14H19ClN2O3S. The van der Waals surface area contributed by atoms with Crippen molar-refractivity contribution in [3.05, 3.63) is 21.3 Å². The van der Waals surface area contributed by atoms with Crippen LogP contribution in [0.3, 0.4) is 0 Å². The van der Waals surface area contributed by atoms with E-state index in [0.717, 1.165) is 4.88 Å². The lowest BCUT2D eigenvalue weighted by Gasteiger charge is -2.39. The van der Waals surface area contributed by atoms with Crippen molar-refractivity contribution in [3.63, 3.8) is 0 Å². The smallest absolute Gasteiger partial charge is 0.320 e. The summed E-state index contributed by atoms with van der Waals surface area (Å²) in [6.07, 6.45) is 1.32. The van der Waals surface area contributed by atoms with Crippen molar-refractivity contribution in [2.75, 3.05) is 20.1 Å². The largest absolute Gasteiger partial charge is 0.481 e. The van der Waals surface area contributed by atoms with Crippen LogP contribution in [0.1, 0.15) is 24.6 Å². The molecule has 0 radical (unpaired) electrons. The van der Waals surface area contributed by atoms with Gasteiger partial charge in [0.1, 0.15) is 0 Å². The highest BCUT2D eigenvalue weighted by atomic mass is 35.5. The van der Waals surface area contributed by atoms with E-state index in [0.29, 0.717) is 30.3 Å². The summed E-state index contributed by atoms with van der Waals surface area (Å²) in [5, 5.41) is 9.31. The fourth-order valence-corrected chi connectivity index (χ4v) is 3.70. The van der Waals surface area contributed by atoms with Gasteiger partial charge >= 0.3 is 12.0 Å². The topological polar surface area (TPSA) is 60.9 Å². The van der Waals surface area contributed by atoms with Crippen LogP contribution in [0.5, 0.6) is 0 Å². The summed E-state index contributed by atoms with van der Waals surface area (Å²) in [5.41, 5.74) is -0.846. The standard InChI is InChI=1S/C14H19ClN2O3S/c1-14(12(18)19)6-3-7-17(9-14)13(20)16(2)8-10-4-5-11(15)21-10/h4-5H,3,6-9H2,1-2H3,(H,18,19). The Morgan fingerprint density at radius 2 is 2.24 bits per heavy atom. The Hall–Kier alpha value is -1.27. The van der Waals surface area contributed by atoms with Crippen LogP contribution in [0, 0.1) is 5.41 Å². The van der Waals surface area contributed by atoms with Gasteiger partial charge in [0.15, 0.2) is 0 Å². The van der Waals surface area contributed by atoms with Crippen molar-refractivity contribution in [2.45, 2.75) is 26.3 Å². The number of amides is 2. The third kappa shape index (κ3) is 3.68. The Bertz CT molecular complexity index is 548. The van der Waals surface area contributed by atoms with E-state index in [-0.39, 0.29) is 12.6 Å². The van der Waals surface area contributed by atoms with Crippen LogP contribution in [-0.4, -0.2) is 47.0 Å². The molecule has 1 aromatic heterocycles. The fourth-order valence-electron chi connectivity index (χ4n) is 2.56. The van der Waals surface area contributed by atoms with Crippen LogP contribution < -0.4 is 0 Å². The minimum Gasteiger partial charge on any atom is -0.481 e. The molecule has 0 spiro atoms. The molecule has 2 rings (SSSR count).